The Labute approximate surface area is 121 Å². The summed E-state index contributed by atoms with van der Waals surface area (Å²) in [6, 6.07) is 0.675. The highest BCUT2D eigenvalue weighted by atomic mass is 16.5. The van der Waals surface area contributed by atoms with Crippen molar-refractivity contribution in [1.82, 2.24) is 14.5 Å². The zero-order valence-electron chi connectivity index (χ0n) is 12.6. The van der Waals surface area contributed by atoms with Crippen LogP contribution in [0.15, 0.2) is 6.20 Å². The maximum Gasteiger partial charge on any atom is 0.203 e. The summed E-state index contributed by atoms with van der Waals surface area (Å²) in [4.78, 5) is 7.16. The van der Waals surface area contributed by atoms with Crippen molar-refractivity contribution in [3.05, 3.63) is 11.9 Å². The molecule has 5 heteroatoms. The molecule has 0 aliphatic carbocycles. The standard InChI is InChI=1S/C15H26N4O/c1-3-6-16-15-17-12(2)8-19(15)10-14-9-18-7-4-5-13(18)11-20-14/h8,13-14H,3-7,9-11H2,1-2H3,(H,16,17). The Morgan fingerprint density at radius 3 is 3.25 bits per heavy atom. The van der Waals surface area contributed by atoms with Crippen LogP contribution in [0, 0.1) is 6.92 Å². The third-order valence-corrected chi connectivity index (χ3v) is 4.29. The molecule has 0 spiro atoms. The average molecular weight is 278 g/mol. The number of imidazole rings is 1. The number of aryl methyl sites for hydroxylation is 1. The molecule has 2 atom stereocenters. The molecule has 0 aromatic carbocycles. The Morgan fingerprint density at radius 1 is 1.50 bits per heavy atom. The van der Waals surface area contributed by atoms with Crippen LogP contribution in [0.2, 0.25) is 0 Å². The van der Waals surface area contributed by atoms with Crippen LogP contribution in [0.4, 0.5) is 5.95 Å². The summed E-state index contributed by atoms with van der Waals surface area (Å²) in [5.41, 5.74) is 1.07. The van der Waals surface area contributed by atoms with E-state index in [2.05, 4.69) is 32.9 Å². The molecular weight excluding hydrogens is 252 g/mol. The predicted molar refractivity (Wildman–Crippen MR) is 80.1 cm³/mol. The summed E-state index contributed by atoms with van der Waals surface area (Å²) in [7, 11) is 0. The van der Waals surface area contributed by atoms with Crippen molar-refractivity contribution >= 4 is 5.95 Å². The van der Waals surface area contributed by atoms with Crippen LogP contribution < -0.4 is 5.32 Å². The van der Waals surface area contributed by atoms with Crippen LogP contribution in [0.25, 0.3) is 0 Å². The highest BCUT2D eigenvalue weighted by Crippen LogP contribution is 2.23. The lowest BCUT2D eigenvalue weighted by Gasteiger charge is -2.35. The van der Waals surface area contributed by atoms with Gasteiger partial charge in [-0.05, 0) is 32.7 Å². The average Bonchev–Trinajstić information content (AvgIpc) is 3.02. The van der Waals surface area contributed by atoms with E-state index in [0.29, 0.717) is 12.1 Å². The van der Waals surface area contributed by atoms with Gasteiger partial charge in [0.25, 0.3) is 0 Å². The van der Waals surface area contributed by atoms with E-state index >= 15 is 0 Å². The van der Waals surface area contributed by atoms with Crippen molar-refractivity contribution in [2.24, 2.45) is 0 Å². The Bertz CT molecular complexity index is 445. The second-order valence-electron chi connectivity index (χ2n) is 6.03. The molecule has 0 saturated carbocycles. The number of hydrogen-bond donors (Lipinski definition) is 1. The van der Waals surface area contributed by atoms with Crippen molar-refractivity contribution in [3.63, 3.8) is 0 Å². The monoisotopic (exact) mass is 278 g/mol. The molecule has 3 rings (SSSR count). The highest BCUT2D eigenvalue weighted by molar-refractivity contribution is 5.28. The van der Waals surface area contributed by atoms with Crippen LogP contribution in [0.1, 0.15) is 31.9 Å². The fourth-order valence-electron chi connectivity index (χ4n) is 3.28. The second-order valence-corrected chi connectivity index (χ2v) is 6.03. The number of fused-ring (bicyclic) bond motifs is 1. The van der Waals surface area contributed by atoms with E-state index in [0.717, 1.165) is 44.3 Å². The van der Waals surface area contributed by atoms with Crippen LogP contribution in [0.5, 0.6) is 0 Å². The number of morpholine rings is 1. The largest absolute Gasteiger partial charge is 0.373 e. The summed E-state index contributed by atoms with van der Waals surface area (Å²) in [6.45, 7) is 9.29. The molecule has 2 aliphatic heterocycles. The number of nitrogens with one attached hydrogen (secondary N) is 1. The van der Waals surface area contributed by atoms with Crippen LogP contribution in [-0.2, 0) is 11.3 Å². The molecule has 2 unspecified atom stereocenters. The van der Waals surface area contributed by atoms with Crippen molar-refractivity contribution in [2.75, 3.05) is 31.6 Å². The molecule has 1 aromatic rings. The number of hydrogen-bond acceptors (Lipinski definition) is 4. The fourth-order valence-corrected chi connectivity index (χ4v) is 3.28. The molecule has 5 nitrogen and oxygen atoms in total. The Morgan fingerprint density at radius 2 is 2.40 bits per heavy atom. The van der Waals surface area contributed by atoms with E-state index in [1.807, 2.05) is 6.92 Å². The van der Waals surface area contributed by atoms with Gasteiger partial charge in [0.1, 0.15) is 0 Å². The molecule has 3 heterocycles. The van der Waals surface area contributed by atoms with Crippen molar-refractivity contribution in [1.29, 1.82) is 0 Å². The molecule has 112 valence electrons. The number of ether oxygens (including phenoxy) is 1. The van der Waals surface area contributed by atoms with Gasteiger partial charge in [-0.1, -0.05) is 6.92 Å². The van der Waals surface area contributed by atoms with Crippen molar-refractivity contribution < 1.29 is 4.74 Å². The zero-order chi connectivity index (χ0) is 13.9. The smallest absolute Gasteiger partial charge is 0.203 e. The van der Waals surface area contributed by atoms with Crippen LogP contribution >= 0.6 is 0 Å². The molecule has 2 saturated heterocycles. The predicted octanol–water partition coefficient (Wildman–Crippen LogP) is 1.88. The topological polar surface area (TPSA) is 42.3 Å². The first kappa shape index (κ1) is 13.9. The van der Waals surface area contributed by atoms with Gasteiger partial charge in [0.05, 0.1) is 24.9 Å². The summed E-state index contributed by atoms with van der Waals surface area (Å²) < 4.78 is 8.26. The van der Waals surface area contributed by atoms with Gasteiger partial charge in [-0.3, -0.25) is 4.90 Å². The first-order chi connectivity index (χ1) is 9.76. The van der Waals surface area contributed by atoms with Crippen LogP contribution in [0.3, 0.4) is 0 Å². The lowest BCUT2D eigenvalue weighted by atomic mass is 10.2. The Balaban J connectivity index is 1.62. The van der Waals surface area contributed by atoms with E-state index < -0.39 is 0 Å². The van der Waals surface area contributed by atoms with Crippen molar-refractivity contribution in [3.8, 4) is 0 Å². The third kappa shape index (κ3) is 2.99. The molecule has 0 amide bonds. The molecule has 0 bridgehead atoms. The quantitative estimate of drug-likeness (QED) is 0.893. The molecule has 1 aromatic heterocycles. The SMILES string of the molecule is CCCNc1nc(C)cn1CC1CN2CCCC2CO1. The van der Waals surface area contributed by atoms with E-state index in [-0.39, 0.29) is 0 Å². The first-order valence-corrected chi connectivity index (χ1v) is 7.89. The van der Waals surface area contributed by atoms with Crippen molar-refractivity contribution in [2.45, 2.75) is 51.8 Å². The van der Waals surface area contributed by atoms with Gasteiger partial charge in [-0.25, -0.2) is 4.98 Å². The molecule has 2 aliphatic rings. The lowest BCUT2D eigenvalue weighted by molar-refractivity contribution is -0.0549. The van der Waals surface area contributed by atoms with E-state index in [1.165, 1.54) is 19.4 Å². The molecular formula is C15H26N4O. The normalized spacial score (nSPS) is 26.7. The Kier molecular flexibility index (Phi) is 4.27. The summed E-state index contributed by atoms with van der Waals surface area (Å²) >= 11 is 0. The second kappa shape index (κ2) is 6.14. The minimum atomic E-state index is 0.292. The van der Waals surface area contributed by atoms with Gasteiger partial charge in [-0.2, -0.15) is 0 Å². The summed E-state index contributed by atoms with van der Waals surface area (Å²) in [6.07, 6.45) is 6.16. The lowest BCUT2D eigenvalue weighted by Crippen LogP contribution is -2.47. The molecule has 1 N–H and O–H groups in total. The maximum atomic E-state index is 6.05. The van der Waals surface area contributed by atoms with Gasteiger partial charge < -0.3 is 14.6 Å². The van der Waals surface area contributed by atoms with Gasteiger partial charge in [0, 0.05) is 25.3 Å². The minimum absolute atomic E-state index is 0.292. The fraction of sp³-hybridized carbons (Fsp3) is 0.800. The number of nitrogens with zero attached hydrogens (tertiary/aromatic N) is 3. The number of rotatable bonds is 5. The van der Waals surface area contributed by atoms with E-state index in [4.69, 9.17) is 4.74 Å². The van der Waals surface area contributed by atoms with Gasteiger partial charge >= 0.3 is 0 Å². The number of anilines is 1. The molecule has 0 radical (unpaired) electrons. The highest BCUT2D eigenvalue weighted by Gasteiger charge is 2.32. The third-order valence-electron chi connectivity index (χ3n) is 4.29. The van der Waals surface area contributed by atoms with Gasteiger partial charge in [0.15, 0.2) is 0 Å². The summed E-state index contributed by atoms with van der Waals surface area (Å²) in [5.74, 6) is 0.983. The molecule has 20 heavy (non-hydrogen) atoms. The maximum absolute atomic E-state index is 6.05. The van der Waals surface area contributed by atoms with Crippen LogP contribution in [-0.4, -0.2) is 52.8 Å². The van der Waals surface area contributed by atoms with Gasteiger partial charge in [0.2, 0.25) is 5.95 Å². The Hall–Kier alpha value is -1.07. The zero-order valence-corrected chi connectivity index (χ0v) is 12.6. The van der Waals surface area contributed by atoms with E-state index in [1.54, 1.807) is 0 Å². The van der Waals surface area contributed by atoms with Gasteiger partial charge in [-0.15, -0.1) is 0 Å². The summed E-state index contributed by atoms with van der Waals surface area (Å²) in [5, 5.41) is 3.40. The number of aromatic nitrogens is 2. The minimum Gasteiger partial charge on any atom is -0.373 e. The molecule has 2 fully saturated rings. The van der Waals surface area contributed by atoms with E-state index in [9.17, 15) is 0 Å². The first-order valence-electron chi connectivity index (χ1n) is 7.89.